The maximum absolute atomic E-state index is 14.8. The van der Waals surface area contributed by atoms with Gasteiger partial charge in [0.15, 0.2) is 18.7 Å². The molecule has 2 aromatic carbocycles. The van der Waals surface area contributed by atoms with Crippen LogP contribution in [0.15, 0.2) is 60.7 Å². The second-order valence-corrected chi connectivity index (χ2v) is 24.0. The highest BCUT2D eigenvalue weighted by molar-refractivity contribution is 7.90. The predicted molar refractivity (Wildman–Crippen MR) is 277 cm³/mol. The van der Waals surface area contributed by atoms with Crippen LogP contribution in [0.25, 0.3) is 0 Å². The molecule has 2 aromatic rings. The van der Waals surface area contributed by atoms with Crippen LogP contribution in [0.5, 0.6) is 5.75 Å². The number of aliphatic hydroxyl groups excluding tert-OH is 1. The molecule has 73 heavy (non-hydrogen) atoms. The van der Waals surface area contributed by atoms with Crippen molar-refractivity contribution in [2.24, 2.45) is 17.8 Å². The number of carbonyl (C=O) groups excluding carboxylic acids is 1. The minimum Gasteiger partial charge on any atom is -0.483 e. The van der Waals surface area contributed by atoms with Gasteiger partial charge in [0.1, 0.15) is 34.8 Å². The summed E-state index contributed by atoms with van der Waals surface area (Å²) in [6, 6.07) is 16.0. The van der Waals surface area contributed by atoms with Crippen LogP contribution >= 0.6 is 0 Å². The fraction of sp³-hybridized carbons (Fsp3) is 0.759. The van der Waals surface area contributed by atoms with E-state index in [4.69, 9.17) is 33.2 Å². The van der Waals surface area contributed by atoms with Crippen molar-refractivity contribution >= 4 is 21.9 Å². The normalized spacial score (nSPS) is 41.0. The van der Waals surface area contributed by atoms with Crippen molar-refractivity contribution in [2.75, 3.05) is 45.1 Å². The molecule has 414 valence electrons. The van der Waals surface area contributed by atoms with Crippen LogP contribution in [-0.4, -0.2) is 174 Å². The minimum atomic E-state index is -4.21. The molecule has 4 aliphatic rings. The number of hydrogen-bond donors (Lipinski definition) is 6. The summed E-state index contributed by atoms with van der Waals surface area (Å²) in [6.45, 7) is 19.7. The van der Waals surface area contributed by atoms with Gasteiger partial charge in [0.2, 0.25) is 0 Å². The summed E-state index contributed by atoms with van der Waals surface area (Å²) >= 11 is 0. The van der Waals surface area contributed by atoms with Gasteiger partial charge in [-0.25, -0.2) is 0 Å². The zero-order valence-electron chi connectivity index (χ0n) is 45.3. The number of aliphatic hydroxyl groups is 4. The smallest absolute Gasteiger partial charge is 0.311 e. The molecule has 1 unspecified atom stereocenters. The molecule has 4 heterocycles. The molecule has 6 rings (SSSR count). The number of rotatable bonds is 14. The molecular weight excluding hydrogens is 961 g/mol. The number of β-amino-alcohol motifs (C(OH)–C–C–N with tert-alkyl or cyclic N) is 1. The van der Waals surface area contributed by atoms with E-state index in [1.54, 1.807) is 103 Å². The lowest BCUT2D eigenvalue weighted by molar-refractivity contribution is -0.338. The zero-order chi connectivity index (χ0) is 53.7. The Kier molecular flexibility index (Phi) is 19.9. The Hall–Kier alpha value is -3.02. The monoisotopic (exact) mass is 1050 g/mol. The second kappa shape index (κ2) is 24.5. The lowest BCUT2D eigenvalue weighted by Crippen LogP contribution is -2.70. The van der Waals surface area contributed by atoms with Gasteiger partial charge in [-0.2, -0.15) is 12.7 Å². The quantitative estimate of drug-likeness (QED) is 0.133. The Morgan fingerprint density at radius 1 is 0.877 bits per heavy atom. The standard InChI is InChI=1S/C54H88N4O14S/c1-13-43-53(10,62)47(59)38(6)55-32-34(2)30-51(8,61)48(36(4)45(37(5)49(60)70-43)71-44-31-52(9,66-12)54(63,39(7)68-44)33-58-27-21-16-22-28-58)72-50-46(69-41-25-19-15-20-26-41)42(29-35(3)67-50)57(11)73(64,65)56-40-23-17-14-18-24-40/h14-15,17-20,23-26,34-39,42-48,50,55-56,59,61-63H,13,16,21-22,27-33H2,1-12H3/t34-,35+,36+,37-,38-,39+,42?,43-,44+,45+,46+,47-,48-,50-,51-,52-,53-,54+/m1/s1. The third kappa shape index (κ3) is 13.8. The molecule has 0 aliphatic carbocycles. The molecule has 18 atom stereocenters. The van der Waals surface area contributed by atoms with E-state index >= 15 is 0 Å². The fourth-order valence-electron chi connectivity index (χ4n) is 11.7. The number of para-hydroxylation sites is 2. The Bertz CT molecular complexity index is 2160. The average Bonchev–Trinajstić information content (AvgIpc) is 3.35. The highest BCUT2D eigenvalue weighted by Gasteiger charge is 2.59. The molecule has 0 saturated carbocycles. The number of anilines is 1. The van der Waals surface area contributed by atoms with Gasteiger partial charge in [0.05, 0.1) is 42.0 Å². The number of nitrogens with one attached hydrogen (secondary N) is 2. The first-order valence-corrected chi connectivity index (χ1v) is 27.9. The molecule has 4 saturated heterocycles. The van der Waals surface area contributed by atoms with Crippen molar-refractivity contribution in [3.63, 3.8) is 0 Å². The van der Waals surface area contributed by atoms with E-state index in [0.717, 1.165) is 32.4 Å². The highest BCUT2D eigenvalue weighted by Crippen LogP contribution is 2.44. The van der Waals surface area contributed by atoms with Crippen molar-refractivity contribution in [3.05, 3.63) is 60.7 Å². The fourth-order valence-corrected chi connectivity index (χ4v) is 12.8. The van der Waals surface area contributed by atoms with Gasteiger partial charge in [-0.1, -0.05) is 63.6 Å². The van der Waals surface area contributed by atoms with Crippen molar-refractivity contribution < 1.29 is 66.8 Å². The van der Waals surface area contributed by atoms with Crippen LogP contribution in [0.3, 0.4) is 0 Å². The van der Waals surface area contributed by atoms with Crippen molar-refractivity contribution in [1.29, 1.82) is 0 Å². The number of ether oxygens (including phenoxy) is 7. The van der Waals surface area contributed by atoms with Crippen LogP contribution in [0, 0.1) is 17.8 Å². The highest BCUT2D eigenvalue weighted by atomic mass is 32.2. The van der Waals surface area contributed by atoms with Crippen LogP contribution in [0.4, 0.5) is 5.69 Å². The molecule has 4 fully saturated rings. The zero-order valence-corrected chi connectivity index (χ0v) is 46.1. The van der Waals surface area contributed by atoms with Gasteiger partial charge in [-0.05, 0) is 130 Å². The number of carbonyl (C=O) groups is 1. The molecule has 0 radical (unpaired) electrons. The van der Waals surface area contributed by atoms with Gasteiger partial charge in [-0.15, -0.1) is 0 Å². The molecule has 0 amide bonds. The summed E-state index contributed by atoms with van der Waals surface area (Å²) in [5.41, 5.74) is -5.88. The Balaban J connectivity index is 1.44. The number of piperidine rings is 1. The average molecular weight is 1050 g/mol. The molecule has 0 aromatic heterocycles. The topological polar surface area (TPSA) is 227 Å². The molecule has 19 heteroatoms. The van der Waals surface area contributed by atoms with Gasteiger partial charge in [0.25, 0.3) is 0 Å². The van der Waals surface area contributed by atoms with Gasteiger partial charge >= 0.3 is 16.2 Å². The number of cyclic esters (lactones) is 1. The first-order chi connectivity index (χ1) is 34.3. The van der Waals surface area contributed by atoms with Gasteiger partial charge in [-0.3, -0.25) is 9.52 Å². The lowest BCUT2D eigenvalue weighted by atomic mass is 9.74. The Morgan fingerprint density at radius 3 is 2.12 bits per heavy atom. The largest absolute Gasteiger partial charge is 0.483 e. The molecule has 0 spiro atoms. The Labute approximate surface area is 434 Å². The summed E-state index contributed by atoms with van der Waals surface area (Å²) in [7, 11) is -1.17. The molecule has 0 bridgehead atoms. The van der Waals surface area contributed by atoms with Crippen LogP contribution in [0.2, 0.25) is 0 Å². The third-order valence-electron chi connectivity index (χ3n) is 16.3. The summed E-state index contributed by atoms with van der Waals surface area (Å²) in [4.78, 5) is 17.0. The van der Waals surface area contributed by atoms with Crippen LogP contribution < -0.4 is 14.8 Å². The van der Waals surface area contributed by atoms with Gasteiger partial charge in [0, 0.05) is 44.8 Å². The molecule has 4 aliphatic heterocycles. The molecule has 6 N–H and O–H groups in total. The number of likely N-dealkylation sites (tertiary alicyclic amines) is 1. The summed E-state index contributed by atoms with van der Waals surface area (Å²) < 4.78 is 79.1. The SMILES string of the molecule is CC[C@H]1OC(=O)[C@H](C)[C@@H](O[C@H]2C[C@@](C)(OC)[C@](O)(CN3CCCCC3)[C@H](C)O2)[C@H](C)[C@@H](O[C@H]2O[C@@H](C)CC(N(C)S(=O)(=O)Nc3ccccc3)[C@@H]2Oc2ccccc2)[C@](C)(O)C[C@@H](C)CN[C@H](C)[C@@H](O)[C@]1(C)O. The number of esters is 1. The predicted octanol–water partition coefficient (Wildman–Crippen LogP) is 5.23. The first kappa shape index (κ1) is 59.2. The van der Waals surface area contributed by atoms with E-state index in [0.29, 0.717) is 24.5 Å². The second-order valence-electron chi connectivity index (χ2n) is 22.3. The number of benzene rings is 2. The lowest BCUT2D eigenvalue weighted by Gasteiger charge is -2.55. The number of methoxy groups -OCH3 is 1. The van der Waals surface area contributed by atoms with E-state index in [1.807, 2.05) is 26.8 Å². The third-order valence-corrected chi connectivity index (χ3v) is 17.8. The van der Waals surface area contributed by atoms with E-state index < -0.39 is 118 Å². The summed E-state index contributed by atoms with van der Waals surface area (Å²) in [5, 5.41) is 52.5. The first-order valence-electron chi connectivity index (χ1n) is 26.5. The minimum absolute atomic E-state index is 0.0555. The van der Waals surface area contributed by atoms with Crippen molar-refractivity contribution in [1.82, 2.24) is 14.5 Å². The van der Waals surface area contributed by atoms with Crippen LogP contribution in [0.1, 0.15) is 114 Å². The van der Waals surface area contributed by atoms with Gasteiger partial charge < -0.3 is 63.8 Å². The van der Waals surface area contributed by atoms with Crippen molar-refractivity contribution in [2.45, 2.75) is 204 Å². The molecule has 18 nitrogen and oxygen atoms in total. The molecular formula is C54H88N4O14S. The summed E-state index contributed by atoms with van der Waals surface area (Å²) in [5.74, 6) is -2.63. The number of nitrogens with zero attached hydrogens (tertiary/aromatic N) is 2. The van der Waals surface area contributed by atoms with E-state index in [1.165, 1.54) is 18.3 Å². The van der Waals surface area contributed by atoms with Crippen LogP contribution in [-0.2, 0) is 43.4 Å². The van der Waals surface area contributed by atoms with E-state index in [9.17, 15) is 33.6 Å². The maximum atomic E-state index is 14.8. The Morgan fingerprint density at radius 2 is 1.51 bits per heavy atom. The van der Waals surface area contributed by atoms with E-state index in [-0.39, 0.29) is 31.6 Å². The maximum Gasteiger partial charge on any atom is 0.311 e. The number of likely N-dealkylation sites (N-methyl/N-ethyl adjacent to an activating group) is 1. The van der Waals surface area contributed by atoms with E-state index in [2.05, 4.69) is 14.9 Å². The summed E-state index contributed by atoms with van der Waals surface area (Å²) in [6.07, 6.45) is -6.06. The number of hydrogen-bond acceptors (Lipinski definition) is 16. The van der Waals surface area contributed by atoms with Crippen molar-refractivity contribution in [3.8, 4) is 5.75 Å².